The third-order valence-electron chi connectivity index (χ3n) is 3.55. The number of carbonyl (C=O) groups excluding carboxylic acids is 1. The van der Waals surface area contributed by atoms with Gasteiger partial charge in [0.2, 0.25) is 5.91 Å². The van der Waals surface area contributed by atoms with Crippen molar-refractivity contribution in [3.8, 4) is 0 Å². The van der Waals surface area contributed by atoms with Crippen LogP contribution in [0.15, 0.2) is 16.0 Å². The Balaban J connectivity index is 1.99. The van der Waals surface area contributed by atoms with Gasteiger partial charge in [0.25, 0.3) is 5.56 Å². The van der Waals surface area contributed by atoms with Gasteiger partial charge in [0.1, 0.15) is 5.82 Å². The average molecular weight is 296 g/mol. The number of carbonyl (C=O) groups is 1. The summed E-state index contributed by atoms with van der Waals surface area (Å²) in [6, 6.07) is 1.78. The van der Waals surface area contributed by atoms with Crippen LogP contribution in [-0.4, -0.2) is 38.6 Å². The number of aromatic nitrogens is 2. The summed E-state index contributed by atoms with van der Waals surface area (Å²) in [6.45, 7) is 4.16. The summed E-state index contributed by atoms with van der Waals surface area (Å²) in [4.78, 5) is 32.1. The summed E-state index contributed by atoms with van der Waals surface area (Å²) in [5, 5.41) is 0.390. The number of hydrogen-bond acceptors (Lipinski definition) is 5. The highest BCUT2D eigenvalue weighted by Crippen LogP contribution is 2.24. The molecule has 20 heavy (non-hydrogen) atoms. The number of anilines is 1. The van der Waals surface area contributed by atoms with Crippen LogP contribution in [-0.2, 0) is 4.79 Å². The predicted molar refractivity (Wildman–Crippen MR) is 79.6 cm³/mol. The van der Waals surface area contributed by atoms with Gasteiger partial charge in [-0.3, -0.25) is 9.59 Å². The number of likely N-dealkylation sites (tertiary alicyclic amines) is 1. The lowest BCUT2D eigenvalue weighted by Gasteiger charge is -2.39. The molecule has 1 aromatic rings. The third-order valence-corrected chi connectivity index (χ3v) is 4.41. The number of hydrogen-bond donors (Lipinski definition) is 2. The summed E-state index contributed by atoms with van der Waals surface area (Å²) in [7, 11) is 0. The number of nitrogens with two attached hydrogens (primary N) is 1. The van der Waals surface area contributed by atoms with Crippen LogP contribution in [0.5, 0.6) is 0 Å². The summed E-state index contributed by atoms with van der Waals surface area (Å²) in [5.74, 6) is 0.518. The SMILES string of the molecule is CC1CCCC(C)N1C(=O)CSc1nc(N)cc(=O)[nH]1. The second kappa shape index (κ2) is 6.30. The molecular weight excluding hydrogens is 276 g/mol. The summed E-state index contributed by atoms with van der Waals surface area (Å²) < 4.78 is 0. The molecule has 1 saturated heterocycles. The van der Waals surface area contributed by atoms with Gasteiger partial charge in [0, 0.05) is 18.2 Å². The molecular formula is C13H20N4O2S. The molecule has 1 aliphatic heterocycles. The molecule has 1 aromatic heterocycles. The van der Waals surface area contributed by atoms with Crippen LogP contribution in [0.25, 0.3) is 0 Å². The van der Waals surface area contributed by atoms with Crippen molar-refractivity contribution in [3.63, 3.8) is 0 Å². The molecule has 0 saturated carbocycles. The number of piperidine rings is 1. The fourth-order valence-corrected chi connectivity index (χ4v) is 3.39. The van der Waals surface area contributed by atoms with Gasteiger partial charge in [-0.05, 0) is 33.1 Å². The van der Waals surface area contributed by atoms with Crippen LogP contribution in [0.1, 0.15) is 33.1 Å². The predicted octanol–water partition coefficient (Wildman–Crippen LogP) is 1.23. The van der Waals surface area contributed by atoms with Crippen molar-refractivity contribution in [2.45, 2.75) is 50.4 Å². The van der Waals surface area contributed by atoms with E-state index in [1.54, 1.807) is 0 Å². The maximum atomic E-state index is 12.3. The average Bonchev–Trinajstić information content (AvgIpc) is 2.35. The van der Waals surface area contributed by atoms with E-state index in [4.69, 9.17) is 5.73 Å². The van der Waals surface area contributed by atoms with Crippen molar-refractivity contribution in [3.05, 3.63) is 16.4 Å². The first-order valence-corrected chi connectivity index (χ1v) is 7.76. The van der Waals surface area contributed by atoms with Gasteiger partial charge < -0.3 is 15.6 Å². The Morgan fingerprint density at radius 1 is 1.50 bits per heavy atom. The van der Waals surface area contributed by atoms with E-state index < -0.39 is 0 Å². The Labute approximate surface area is 122 Å². The molecule has 0 spiro atoms. The number of nitrogens with one attached hydrogen (secondary N) is 1. The summed E-state index contributed by atoms with van der Waals surface area (Å²) in [5.41, 5.74) is 5.21. The fraction of sp³-hybridized carbons (Fsp3) is 0.615. The molecule has 0 bridgehead atoms. The molecule has 0 aliphatic carbocycles. The standard InChI is InChI=1S/C13H20N4O2S/c1-8-4-3-5-9(2)17(8)12(19)7-20-13-15-10(14)6-11(18)16-13/h6,8-9H,3-5,7H2,1-2H3,(H3,14,15,16,18). The zero-order valence-electron chi connectivity index (χ0n) is 11.8. The van der Waals surface area contributed by atoms with E-state index in [0.717, 1.165) is 12.8 Å². The number of nitrogen functional groups attached to an aromatic ring is 1. The van der Waals surface area contributed by atoms with Gasteiger partial charge in [-0.1, -0.05) is 11.8 Å². The van der Waals surface area contributed by atoms with Gasteiger partial charge in [-0.2, -0.15) is 0 Å². The molecule has 1 aliphatic rings. The van der Waals surface area contributed by atoms with Crippen molar-refractivity contribution in [2.24, 2.45) is 0 Å². The number of aromatic amines is 1. The Bertz CT molecular complexity index is 535. The lowest BCUT2D eigenvalue weighted by molar-refractivity contribution is -0.134. The first-order chi connectivity index (χ1) is 9.47. The first-order valence-electron chi connectivity index (χ1n) is 6.78. The quantitative estimate of drug-likeness (QED) is 0.646. The number of thioether (sulfide) groups is 1. The monoisotopic (exact) mass is 296 g/mol. The summed E-state index contributed by atoms with van der Waals surface area (Å²) in [6.07, 6.45) is 3.27. The molecule has 0 aromatic carbocycles. The van der Waals surface area contributed by atoms with E-state index in [2.05, 4.69) is 23.8 Å². The minimum absolute atomic E-state index is 0.0831. The van der Waals surface area contributed by atoms with Crippen molar-refractivity contribution in [1.82, 2.24) is 14.9 Å². The molecule has 2 heterocycles. The number of amides is 1. The van der Waals surface area contributed by atoms with Crippen LogP contribution < -0.4 is 11.3 Å². The third kappa shape index (κ3) is 3.53. The molecule has 3 N–H and O–H groups in total. The fourth-order valence-electron chi connectivity index (χ4n) is 2.64. The maximum Gasteiger partial charge on any atom is 0.253 e. The van der Waals surface area contributed by atoms with Crippen LogP contribution in [0, 0.1) is 0 Å². The topological polar surface area (TPSA) is 92.1 Å². The Morgan fingerprint density at radius 2 is 2.15 bits per heavy atom. The minimum atomic E-state index is -0.299. The van der Waals surface area contributed by atoms with Gasteiger partial charge in [-0.15, -0.1) is 0 Å². The Morgan fingerprint density at radius 3 is 2.75 bits per heavy atom. The van der Waals surface area contributed by atoms with Crippen LogP contribution >= 0.6 is 11.8 Å². The first kappa shape index (κ1) is 14.9. The normalized spacial score (nSPS) is 22.8. The lowest BCUT2D eigenvalue weighted by Crippen LogP contribution is -2.48. The Kier molecular flexibility index (Phi) is 4.69. The number of nitrogens with zero attached hydrogens (tertiary/aromatic N) is 2. The second-order valence-electron chi connectivity index (χ2n) is 5.19. The van der Waals surface area contributed by atoms with Crippen molar-refractivity contribution >= 4 is 23.5 Å². The number of H-pyrrole nitrogens is 1. The largest absolute Gasteiger partial charge is 0.383 e. The molecule has 7 heteroatoms. The highest BCUT2D eigenvalue weighted by atomic mass is 32.2. The molecule has 0 radical (unpaired) electrons. The minimum Gasteiger partial charge on any atom is -0.383 e. The molecule has 2 atom stereocenters. The van der Waals surface area contributed by atoms with Crippen LogP contribution in [0.4, 0.5) is 5.82 Å². The van der Waals surface area contributed by atoms with Crippen LogP contribution in [0.3, 0.4) is 0 Å². The van der Waals surface area contributed by atoms with Gasteiger partial charge in [-0.25, -0.2) is 4.98 Å². The molecule has 1 fully saturated rings. The highest BCUT2D eigenvalue weighted by molar-refractivity contribution is 7.99. The maximum absolute atomic E-state index is 12.3. The van der Waals surface area contributed by atoms with Gasteiger partial charge in [0.15, 0.2) is 5.16 Å². The lowest BCUT2D eigenvalue weighted by atomic mass is 9.98. The van der Waals surface area contributed by atoms with E-state index in [9.17, 15) is 9.59 Å². The molecule has 1 amide bonds. The van der Waals surface area contributed by atoms with E-state index in [0.29, 0.717) is 5.16 Å². The van der Waals surface area contributed by atoms with Gasteiger partial charge >= 0.3 is 0 Å². The summed E-state index contributed by atoms with van der Waals surface area (Å²) >= 11 is 1.22. The molecule has 2 unspecified atom stereocenters. The molecule has 6 nitrogen and oxygen atoms in total. The van der Waals surface area contributed by atoms with E-state index >= 15 is 0 Å². The second-order valence-corrected chi connectivity index (χ2v) is 6.16. The highest BCUT2D eigenvalue weighted by Gasteiger charge is 2.28. The van der Waals surface area contributed by atoms with Crippen molar-refractivity contribution < 1.29 is 4.79 Å². The van der Waals surface area contributed by atoms with Crippen LogP contribution in [0.2, 0.25) is 0 Å². The molecule has 110 valence electrons. The number of rotatable bonds is 3. The van der Waals surface area contributed by atoms with Gasteiger partial charge in [0.05, 0.1) is 5.75 Å². The zero-order valence-corrected chi connectivity index (χ0v) is 12.6. The van der Waals surface area contributed by atoms with Crippen molar-refractivity contribution in [1.29, 1.82) is 0 Å². The van der Waals surface area contributed by atoms with E-state index in [1.807, 2.05) is 4.90 Å². The van der Waals surface area contributed by atoms with E-state index in [-0.39, 0.29) is 35.1 Å². The Hall–Kier alpha value is -1.50. The molecule has 2 rings (SSSR count). The smallest absolute Gasteiger partial charge is 0.253 e. The van der Waals surface area contributed by atoms with E-state index in [1.165, 1.54) is 24.2 Å². The van der Waals surface area contributed by atoms with Crippen molar-refractivity contribution in [2.75, 3.05) is 11.5 Å². The zero-order chi connectivity index (χ0) is 14.7.